The minimum Gasteiger partial charge on any atom is -0.383 e. The summed E-state index contributed by atoms with van der Waals surface area (Å²) in [5.41, 5.74) is 2.43. The van der Waals surface area contributed by atoms with Gasteiger partial charge in [-0.05, 0) is 37.6 Å². The Morgan fingerprint density at radius 2 is 1.79 bits per heavy atom. The molecule has 0 fully saturated rings. The highest BCUT2D eigenvalue weighted by atomic mass is 15.1. The Hall–Kier alpha value is -1.18. The summed E-state index contributed by atoms with van der Waals surface area (Å²) in [6.45, 7) is 4.38. The summed E-state index contributed by atoms with van der Waals surface area (Å²) < 4.78 is 0. The molecule has 0 spiro atoms. The van der Waals surface area contributed by atoms with Gasteiger partial charge in [0.25, 0.3) is 0 Å². The second-order valence-corrected chi connectivity index (χ2v) is 3.89. The van der Waals surface area contributed by atoms with E-state index in [4.69, 9.17) is 0 Å². The first kappa shape index (κ1) is 10.9. The van der Waals surface area contributed by atoms with E-state index in [0.29, 0.717) is 6.04 Å². The lowest BCUT2D eigenvalue weighted by molar-refractivity contribution is 0.764. The van der Waals surface area contributed by atoms with E-state index in [-0.39, 0.29) is 0 Å². The third-order valence-corrected chi connectivity index (χ3v) is 2.41. The smallest absolute Gasteiger partial charge is 0.0362 e. The van der Waals surface area contributed by atoms with Gasteiger partial charge in [-0.3, -0.25) is 0 Å². The summed E-state index contributed by atoms with van der Waals surface area (Å²) in [6, 6.07) is 9.05. The fraction of sp³-hybridized carbons (Fsp3) is 0.500. The molecule has 1 N–H and O–H groups in total. The van der Waals surface area contributed by atoms with Crippen LogP contribution in [0.2, 0.25) is 0 Å². The third kappa shape index (κ3) is 2.95. The number of nitrogens with zero attached hydrogens (tertiary/aromatic N) is 1. The Labute approximate surface area is 86.9 Å². The molecule has 1 rings (SSSR count). The number of anilines is 2. The standard InChI is InChI=1S/C12H20N2/c1-5-10(2)13-11-6-8-12(9-7-11)14(3)4/h6-10,13H,5H2,1-4H3/t10-/m1/s1. The van der Waals surface area contributed by atoms with E-state index in [0.717, 1.165) is 6.42 Å². The minimum atomic E-state index is 0.542. The Morgan fingerprint density at radius 3 is 2.21 bits per heavy atom. The van der Waals surface area contributed by atoms with Crippen LogP contribution < -0.4 is 10.2 Å². The van der Waals surface area contributed by atoms with Crippen LogP contribution in [0.5, 0.6) is 0 Å². The molecule has 0 aromatic heterocycles. The summed E-state index contributed by atoms with van der Waals surface area (Å²) in [4.78, 5) is 2.10. The average Bonchev–Trinajstić information content (AvgIpc) is 2.18. The van der Waals surface area contributed by atoms with Crippen molar-refractivity contribution in [2.45, 2.75) is 26.3 Å². The Balaban J connectivity index is 2.64. The first-order valence-electron chi connectivity index (χ1n) is 5.17. The van der Waals surface area contributed by atoms with Crippen LogP contribution in [-0.4, -0.2) is 20.1 Å². The van der Waals surface area contributed by atoms with Gasteiger partial charge in [-0.1, -0.05) is 6.92 Å². The zero-order valence-electron chi connectivity index (χ0n) is 9.54. The fourth-order valence-corrected chi connectivity index (χ4v) is 1.24. The van der Waals surface area contributed by atoms with Crippen LogP contribution in [0.3, 0.4) is 0 Å². The van der Waals surface area contributed by atoms with E-state index in [2.05, 4.69) is 62.4 Å². The molecule has 0 saturated carbocycles. The highest BCUT2D eigenvalue weighted by molar-refractivity contribution is 5.54. The number of benzene rings is 1. The summed E-state index contributed by atoms with van der Waals surface area (Å²) in [5.74, 6) is 0. The number of hydrogen-bond donors (Lipinski definition) is 1. The molecule has 0 aliphatic carbocycles. The summed E-state index contributed by atoms with van der Waals surface area (Å²) in [5, 5.41) is 3.44. The summed E-state index contributed by atoms with van der Waals surface area (Å²) in [7, 11) is 4.11. The molecule has 0 radical (unpaired) electrons. The van der Waals surface area contributed by atoms with Gasteiger partial charge in [0.15, 0.2) is 0 Å². The zero-order chi connectivity index (χ0) is 10.6. The zero-order valence-corrected chi connectivity index (χ0v) is 9.54. The molecular formula is C12H20N2. The van der Waals surface area contributed by atoms with E-state index >= 15 is 0 Å². The predicted octanol–water partition coefficient (Wildman–Crippen LogP) is 2.96. The van der Waals surface area contributed by atoms with Crippen molar-refractivity contribution < 1.29 is 0 Å². The second kappa shape index (κ2) is 4.89. The lowest BCUT2D eigenvalue weighted by Gasteiger charge is -2.15. The van der Waals surface area contributed by atoms with E-state index in [1.807, 2.05) is 0 Å². The van der Waals surface area contributed by atoms with Crippen LogP contribution in [0.1, 0.15) is 20.3 Å². The van der Waals surface area contributed by atoms with Gasteiger partial charge in [0, 0.05) is 31.5 Å². The summed E-state index contributed by atoms with van der Waals surface area (Å²) >= 11 is 0. The van der Waals surface area contributed by atoms with Crippen molar-refractivity contribution >= 4 is 11.4 Å². The molecule has 78 valence electrons. The number of rotatable bonds is 4. The Morgan fingerprint density at radius 1 is 1.21 bits per heavy atom. The van der Waals surface area contributed by atoms with Crippen molar-refractivity contribution in [2.24, 2.45) is 0 Å². The SMILES string of the molecule is CC[C@@H](C)Nc1ccc(N(C)C)cc1. The van der Waals surface area contributed by atoms with Crippen LogP contribution in [0.15, 0.2) is 24.3 Å². The molecule has 1 aromatic rings. The molecule has 0 heterocycles. The molecule has 0 unspecified atom stereocenters. The molecule has 0 aliphatic rings. The fourth-order valence-electron chi connectivity index (χ4n) is 1.24. The highest BCUT2D eigenvalue weighted by Crippen LogP contribution is 2.16. The minimum absolute atomic E-state index is 0.542. The first-order chi connectivity index (χ1) is 6.63. The van der Waals surface area contributed by atoms with Gasteiger partial charge in [-0.15, -0.1) is 0 Å². The maximum atomic E-state index is 3.44. The average molecular weight is 192 g/mol. The maximum absolute atomic E-state index is 3.44. The van der Waals surface area contributed by atoms with Crippen LogP contribution in [-0.2, 0) is 0 Å². The number of nitrogens with one attached hydrogen (secondary N) is 1. The first-order valence-corrected chi connectivity index (χ1v) is 5.17. The Kier molecular flexibility index (Phi) is 3.81. The van der Waals surface area contributed by atoms with Crippen LogP contribution >= 0.6 is 0 Å². The van der Waals surface area contributed by atoms with Gasteiger partial charge in [0.1, 0.15) is 0 Å². The third-order valence-electron chi connectivity index (χ3n) is 2.41. The van der Waals surface area contributed by atoms with Gasteiger partial charge >= 0.3 is 0 Å². The van der Waals surface area contributed by atoms with Crippen molar-refractivity contribution in [1.82, 2.24) is 0 Å². The van der Waals surface area contributed by atoms with Crippen molar-refractivity contribution in [3.8, 4) is 0 Å². The van der Waals surface area contributed by atoms with Crippen molar-refractivity contribution in [3.63, 3.8) is 0 Å². The molecule has 2 nitrogen and oxygen atoms in total. The van der Waals surface area contributed by atoms with Crippen LogP contribution in [0.4, 0.5) is 11.4 Å². The molecule has 0 bridgehead atoms. The monoisotopic (exact) mass is 192 g/mol. The topological polar surface area (TPSA) is 15.3 Å². The molecule has 2 heteroatoms. The molecule has 1 aromatic carbocycles. The lowest BCUT2D eigenvalue weighted by atomic mass is 10.2. The number of hydrogen-bond acceptors (Lipinski definition) is 2. The molecule has 1 atom stereocenters. The molecule has 0 aliphatic heterocycles. The molecule has 14 heavy (non-hydrogen) atoms. The van der Waals surface area contributed by atoms with Crippen molar-refractivity contribution in [1.29, 1.82) is 0 Å². The summed E-state index contributed by atoms with van der Waals surface area (Å²) in [6.07, 6.45) is 1.15. The van der Waals surface area contributed by atoms with Crippen molar-refractivity contribution in [3.05, 3.63) is 24.3 Å². The van der Waals surface area contributed by atoms with Gasteiger partial charge in [0.05, 0.1) is 0 Å². The van der Waals surface area contributed by atoms with Gasteiger partial charge < -0.3 is 10.2 Å². The largest absolute Gasteiger partial charge is 0.383 e. The maximum Gasteiger partial charge on any atom is 0.0362 e. The lowest BCUT2D eigenvalue weighted by Crippen LogP contribution is -2.13. The van der Waals surface area contributed by atoms with E-state index in [9.17, 15) is 0 Å². The van der Waals surface area contributed by atoms with E-state index in [1.54, 1.807) is 0 Å². The highest BCUT2D eigenvalue weighted by Gasteiger charge is 1.99. The van der Waals surface area contributed by atoms with Gasteiger partial charge in [-0.25, -0.2) is 0 Å². The van der Waals surface area contributed by atoms with Gasteiger partial charge in [-0.2, -0.15) is 0 Å². The van der Waals surface area contributed by atoms with Crippen molar-refractivity contribution in [2.75, 3.05) is 24.3 Å². The van der Waals surface area contributed by atoms with E-state index < -0.39 is 0 Å². The van der Waals surface area contributed by atoms with Gasteiger partial charge in [0.2, 0.25) is 0 Å². The second-order valence-electron chi connectivity index (χ2n) is 3.89. The predicted molar refractivity (Wildman–Crippen MR) is 64.1 cm³/mol. The van der Waals surface area contributed by atoms with Crippen LogP contribution in [0, 0.1) is 0 Å². The normalized spacial score (nSPS) is 12.3. The van der Waals surface area contributed by atoms with Crippen LogP contribution in [0.25, 0.3) is 0 Å². The Bertz CT molecular complexity index is 264. The molecule has 0 amide bonds. The molecular weight excluding hydrogens is 172 g/mol. The van der Waals surface area contributed by atoms with E-state index in [1.165, 1.54) is 11.4 Å². The quantitative estimate of drug-likeness (QED) is 0.789. The molecule has 0 saturated heterocycles.